The second-order valence-electron chi connectivity index (χ2n) is 5.09. The van der Waals surface area contributed by atoms with Crippen molar-refractivity contribution < 1.29 is 14.0 Å². The number of carbonyl (C=O) groups is 1. The molecule has 1 N–H and O–H groups in total. The highest BCUT2D eigenvalue weighted by Crippen LogP contribution is 2.35. The van der Waals surface area contributed by atoms with Gasteiger partial charge in [0.1, 0.15) is 5.69 Å². The van der Waals surface area contributed by atoms with Gasteiger partial charge in [0.2, 0.25) is 5.76 Å². The molecule has 0 spiro atoms. The third-order valence-corrected chi connectivity index (χ3v) is 4.39. The number of amides is 1. The van der Waals surface area contributed by atoms with E-state index in [0.29, 0.717) is 31.7 Å². The van der Waals surface area contributed by atoms with Crippen LogP contribution in [-0.2, 0) is 4.79 Å². The summed E-state index contributed by atoms with van der Waals surface area (Å²) in [4.78, 5) is 10.3. The Morgan fingerprint density at radius 2 is 1.88 bits per heavy atom. The van der Waals surface area contributed by atoms with Crippen LogP contribution in [0.4, 0.5) is 5.69 Å². The zero-order valence-corrected chi connectivity index (χ0v) is 15.8. The molecule has 2 aromatic heterocycles. The number of hydrogen-bond acceptors (Lipinski definition) is 4. The Kier molecular flexibility index (Phi) is 5.58. The molecule has 0 bridgehead atoms. The summed E-state index contributed by atoms with van der Waals surface area (Å²) in [6.07, 6.45) is 1.20. The van der Waals surface area contributed by atoms with Gasteiger partial charge in [-0.25, -0.2) is 0 Å². The number of carbonyl (C=O) groups excluding carboxylic acids is 1. The van der Waals surface area contributed by atoms with Crippen molar-refractivity contribution in [2.45, 2.75) is 4.84 Å². The maximum atomic E-state index is 12.1. The Bertz CT molecular complexity index is 955. The van der Waals surface area contributed by atoms with E-state index in [4.69, 9.17) is 50.9 Å². The topological polar surface area (TPSA) is 82.1 Å². The Morgan fingerprint density at radius 1 is 1.19 bits per heavy atom. The molecule has 0 atom stereocenters. The van der Waals surface area contributed by atoms with Crippen LogP contribution in [0.5, 0.6) is 0 Å². The Hall–Kier alpha value is -1.99. The summed E-state index contributed by atoms with van der Waals surface area (Å²) in [6.45, 7) is 0. The number of pyridine rings is 1. The van der Waals surface area contributed by atoms with Crippen molar-refractivity contribution in [1.29, 1.82) is 0 Å². The molecule has 0 aliphatic rings. The smallest absolute Gasteiger partial charge is 0.264 e. The van der Waals surface area contributed by atoms with Gasteiger partial charge in [-0.05, 0) is 12.1 Å². The average Bonchev–Trinajstić information content (AvgIpc) is 3.05. The second-order valence-corrected chi connectivity index (χ2v) is 7.00. The molecular formula is C16H9Cl4N3O3. The third kappa shape index (κ3) is 3.88. The van der Waals surface area contributed by atoms with E-state index >= 15 is 0 Å². The molecule has 3 aromatic rings. The van der Waals surface area contributed by atoms with Crippen LogP contribution in [0.25, 0.3) is 22.7 Å². The number of aromatic nitrogens is 2. The number of rotatable bonds is 4. The van der Waals surface area contributed by atoms with Crippen LogP contribution < -0.4 is 10.0 Å². The normalized spacial score (nSPS) is 11.0. The maximum Gasteiger partial charge on any atom is 0.264 e. The maximum absolute atomic E-state index is 12.1. The fraction of sp³-hybridized carbons (Fsp3) is 0.0625. The van der Waals surface area contributed by atoms with E-state index in [-0.39, 0.29) is 11.5 Å². The predicted molar refractivity (Wildman–Crippen MR) is 100 cm³/mol. The molecule has 10 heteroatoms. The van der Waals surface area contributed by atoms with Gasteiger partial charge in [0, 0.05) is 23.8 Å². The summed E-state index contributed by atoms with van der Waals surface area (Å²) in [5.74, 6) is -0.459. The minimum atomic E-state index is -1.24. The lowest BCUT2D eigenvalue weighted by atomic mass is 10.1. The Balaban J connectivity index is 1.98. The first kappa shape index (κ1) is 18.8. The van der Waals surface area contributed by atoms with Crippen molar-refractivity contribution in [1.82, 2.24) is 5.16 Å². The van der Waals surface area contributed by atoms with Gasteiger partial charge in [0.15, 0.2) is 11.0 Å². The lowest BCUT2D eigenvalue weighted by Gasteiger charge is -2.07. The van der Waals surface area contributed by atoms with Crippen LogP contribution >= 0.6 is 46.4 Å². The zero-order valence-electron chi connectivity index (χ0n) is 12.7. The third-order valence-electron chi connectivity index (χ3n) is 3.37. The van der Waals surface area contributed by atoms with Crippen LogP contribution in [0, 0.1) is 5.21 Å². The van der Waals surface area contributed by atoms with E-state index in [1.807, 2.05) is 0 Å². The highest BCUT2D eigenvalue weighted by Gasteiger charge is 2.20. The van der Waals surface area contributed by atoms with E-state index < -0.39 is 10.7 Å². The number of alkyl halides is 2. The van der Waals surface area contributed by atoms with E-state index in [1.165, 1.54) is 24.4 Å². The number of benzene rings is 1. The lowest BCUT2D eigenvalue weighted by Crippen LogP contribution is -2.29. The molecule has 0 aliphatic heterocycles. The summed E-state index contributed by atoms with van der Waals surface area (Å²) in [6, 6.07) is 9.35. The SMILES string of the molecule is O=C(Nc1cc[n+]([O-])c(-c2cc(-c3c(Cl)cccc3Cl)no2)c1)C(Cl)Cl. The summed E-state index contributed by atoms with van der Waals surface area (Å²) < 4.78 is 5.81. The monoisotopic (exact) mass is 431 g/mol. The van der Waals surface area contributed by atoms with Crippen LogP contribution in [0.1, 0.15) is 0 Å². The van der Waals surface area contributed by atoms with Gasteiger partial charge < -0.3 is 15.0 Å². The molecule has 1 aromatic carbocycles. The minimum absolute atomic E-state index is 0.116. The van der Waals surface area contributed by atoms with E-state index in [0.717, 1.165) is 0 Å². The number of halogens is 4. The van der Waals surface area contributed by atoms with Gasteiger partial charge in [-0.1, -0.05) is 57.6 Å². The number of nitrogens with one attached hydrogen (secondary N) is 1. The molecule has 0 radical (unpaired) electrons. The van der Waals surface area contributed by atoms with Gasteiger partial charge in [-0.15, -0.1) is 0 Å². The fourth-order valence-electron chi connectivity index (χ4n) is 2.20. The number of nitrogens with zero attached hydrogens (tertiary/aromatic N) is 2. The van der Waals surface area contributed by atoms with E-state index in [2.05, 4.69) is 10.5 Å². The van der Waals surface area contributed by atoms with Crippen molar-refractivity contribution in [3.63, 3.8) is 0 Å². The second kappa shape index (κ2) is 7.72. The largest absolute Gasteiger partial charge is 0.618 e. The van der Waals surface area contributed by atoms with Crippen LogP contribution in [-0.4, -0.2) is 15.9 Å². The molecule has 134 valence electrons. The quantitative estimate of drug-likeness (QED) is 0.368. The first-order valence-corrected chi connectivity index (χ1v) is 8.73. The molecular weight excluding hydrogens is 424 g/mol. The molecule has 6 nitrogen and oxygen atoms in total. The first-order valence-electron chi connectivity index (χ1n) is 7.10. The van der Waals surface area contributed by atoms with Crippen LogP contribution in [0.15, 0.2) is 47.1 Å². The van der Waals surface area contributed by atoms with Gasteiger partial charge in [0.05, 0.1) is 15.7 Å². The summed E-state index contributed by atoms with van der Waals surface area (Å²) in [5, 5.41) is 19.3. The predicted octanol–water partition coefficient (Wildman–Crippen LogP) is 4.69. The zero-order chi connectivity index (χ0) is 18.8. The van der Waals surface area contributed by atoms with Crippen molar-refractivity contribution >= 4 is 58.0 Å². The Morgan fingerprint density at radius 3 is 2.54 bits per heavy atom. The highest BCUT2D eigenvalue weighted by atomic mass is 35.5. The van der Waals surface area contributed by atoms with Gasteiger partial charge in [-0.3, -0.25) is 4.79 Å². The Labute approximate surface area is 167 Å². The average molecular weight is 433 g/mol. The van der Waals surface area contributed by atoms with E-state index in [9.17, 15) is 10.0 Å². The molecule has 0 saturated carbocycles. The minimum Gasteiger partial charge on any atom is -0.618 e. The van der Waals surface area contributed by atoms with Crippen molar-refractivity contribution in [3.05, 3.63) is 57.8 Å². The molecule has 0 unspecified atom stereocenters. The highest BCUT2D eigenvalue weighted by molar-refractivity contribution is 6.54. The van der Waals surface area contributed by atoms with Crippen molar-refractivity contribution in [3.8, 4) is 22.7 Å². The summed E-state index contributed by atoms with van der Waals surface area (Å²) in [5.41, 5.74) is 1.29. The van der Waals surface area contributed by atoms with Gasteiger partial charge >= 0.3 is 0 Å². The molecule has 2 heterocycles. The number of anilines is 1. The summed E-state index contributed by atoms with van der Waals surface area (Å²) >= 11 is 23.3. The van der Waals surface area contributed by atoms with Crippen LogP contribution in [0.2, 0.25) is 10.0 Å². The first-order chi connectivity index (χ1) is 12.4. The summed E-state index contributed by atoms with van der Waals surface area (Å²) in [7, 11) is 0. The molecule has 0 fully saturated rings. The number of hydrogen-bond donors (Lipinski definition) is 1. The fourth-order valence-corrected chi connectivity index (χ4v) is 2.90. The lowest BCUT2D eigenvalue weighted by molar-refractivity contribution is -0.594. The van der Waals surface area contributed by atoms with Crippen molar-refractivity contribution in [2.75, 3.05) is 5.32 Å². The molecule has 3 rings (SSSR count). The standard InChI is InChI=1S/C16H9Cl4N3O3/c17-9-2-1-3-10(18)14(9)11-7-13(26-22-11)12-6-8(4-5-23(12)25)21-16(24)15(19)20/h1-7,15H,(H,21,24). The van der Waals surface area contributed by atoms with Gasteiger partial charge in [0.25, 0.3) is 11.6 Å². The van der Waals surface area contributed by atoms with Crippen LogP contribution in [0.3, 0.4) is 0 Å². The van der Waals surface area contributed by atoms with E-state index in [1.54, 1.807) is 18.2 Å². The molecule has 0 saturated heterocycles. The van der Waals surface area contributed by atoms with Gasteiger partial charge in [-0.2, -0.15) is 4.73 Å². The molecule has 26 heavy (non-hydrogen) atoms. The van der Waals surface area contributed by atoms with Crippen molar-refractivity contribution in [2.24, 2.45) is 0 Å². The molecule has 1 amide bonds. The molecule has 0 aliphatic carbocycles.